The van der Waals surface area contributed by atoms with E-state index in [0.717, 1.165) is 51.5 Å². The lowest BCUT2D eigenvalue weighted by Gasteiger charge is -2.21. The van der Waals surface area contributed by atoms with Gasteiger partial charge in [0.2, 0.25) is 11.8 Å². The fraction of sp³-hybridized carbons (Fsp3) is 0.889. The average Bonchev–Trinajstić information content (AvgIpc) is 3.39. The summed E-state index contributed by atoms with van der Waals surface area (Å²) >= 11 is 0. The Bertz CT molecular complexity index is 582. The van der Waals surface area contributed by atoms with E-state index in [1.165, 1.54) is 51.4 Å². The Morgan fingerprint density at radius 3 is 2.11 bits per heavy atom. The summed E-state index contributed by atoms with van der Waals surface area (Å²) in [7, 11) is 0. The van der Waals surface area contributed by atoms with Gasteiger partial charge in [0.05, 0.1) is 12.6 Å². The first-order chi connectivity index (χ1) is 17.0. The molecule has 1 aliphatic heterocycles. The van der Waals surface area contributed by atoms with Crippen LogP contribution in [0.4, 0.5) is 0 Å². The fourth-order valence-corrected chi connectivity index (χ4v) is 4.37. The molecule has 0 aromatic rings. The highest BCUT2D eigenvalue weighted by Crippen LogP contribution is 2.12. The predicted molar refractivity (Wildman–Crippen MR) is 141 cm³/mol. The lowest BCUT2D eigenvalue weighted by molar-refractivity contribution is -0.148. The van der Waals surface area contributed by atoms with E-state index in [9.17, 15) is 14.4 Å². The molecule has 2 amide bonds. The zero-order chi connectivity index (χ0) is 25.7. The molecule has 8 heteroatoms. The number of esters is 1. The standard InChI is InChI=1S/C27H52N4O4/c1-3-4-5-6-7-8-9-10-11-12-15-21-35-27(34)24(17-13-14-19-28)31-25(32)22(2)30-26(33)23-18-16-20-29-23/h22-24,29H,3-21,28H2,1-2H3,(H,30,33)(H,31,32)/t22-,23-,24-/m0/s1. The Kier molecular flexibility index (Phi) is 18.4. The first-order valence-corrected chi connectivity index (χ1v) is 14.2. The minimum absolute atomic E-state index is 0.177. The van der Waals surface area contributed by atoms with Crippen LogP contribution in [0.5, 0.6) is 0 Å². The quantitative estimate of drug-likeness (QED) is 0.142. The maximum Gasteiger partial charge on any atom is 0.328 e. The molecular formula is C27H52N4O4. The number of amides is 2. The predicted octanol–water partition coefficient (Wildman–Crippen LogP) is 3.71. The summed E-state index contributed by atoms with van der Waals surface area (Å²) in [6.45, 7) is 5.60. The number of unbranched alkanes of at least 4 members (excludes halogenated alkanes) is 11. The van der Waals surface area contributed by atoms with Crippen LogP contribution in [-0.4, -0.2) is 55.6 Å². The molecule has 0 radical (unpaired) electrons. The molecule has 0 unspecified atom stereocenters. The fourth-order valence-electron chi connectivity index (χ4n) is 4.37. The monoisotopic (exact) mass is 496 g/mol. The molecular weight excluding hydrogens is 444 g/mol. The van der Waals surface area contributed by atoms with Crippen molar-refractivity contribution in [2.75, 3.05) is 19.7 Å². The van der Waals surface area contributed by atoms with Crippen molar-refractivity contribution >= 4 is 17.8 Å². The number of hydrogen-bond acceptors (Lipinski definition) is 6. The Morgan fingerprint density at radius 1 is 0.914 bits per heavy atom. The van der Waals surface area contributed by atoms with Crippen molar-refractivity contribution in [2.45, 2.75) is 135 Å². The number of nitrogens with two attached hydrogens (primary N) is 1. The highest BCUT2D eigenvalue weighted by molar-refractivity contribution is 5.91. The molecule has 1 rings (SSSR count). The summed E-state index contributed by atoms with van der Waals surface area (Å²) in [4.78, 5) is 37.6. The number of hydrogen-bond donors (Lipinski definition) is 4. The third-order valence-electron chi connectivity index (χ3n) is 6.67. The first kappa shape index (κ1) is 31.4. The van der Waals surface area contributed by atoms with Gasteiger partial charge in [-0.2, -0.15) is 0 Å². The van der Waals surface area contributed by atoms with Crippen molar-refractivity contribution in [1.29, 1.82) is 0 Å². The number of nitrogens with one attached hydrogen (secondary N) is 3. The van der Waals surface area contributed by atoms with Crippen LogP contribution in [0.3, 0.4) is 0 Å². The first-order valence-electron chi connectivity index (χ1n) is 14.2. The van der Waals surface area contributed by atoms with E-state index in [4.69, 9.17) is 10.5 Å². The third-order valence-corrected chi connectivity index (χ3v) is 6.67. The van der Waals surface area contributed by atoms with E-state index in [1.807, 2.05) is 0 Å². The molecule has 0 aliphatic carbocycles. The summed E-state index contributed by atoms with van der Waals surface area (Å²) in [5.41, 5.74) is 5.58. The van der Waals surface area contributed by atoms with Crippen LogP contribution < -0.4 is 21.7 Å². The number of carbonyl (C=O) groups excluding carboxylic acids is 3. The molecule has 5 N–H and O–H groups in total. The van der Waals surface area contributed by atoms with Crippen LogP contribution in [0.2, 0.25) is 0 Å². The highest BCUT2D eigenvalue weighted by Gasteiger charge is 2.28. The Hall–Kier alpha value is -1.67. The molecule has 204 valence electrons. The largest absolute Gasteiger partial charge is 0.464 e. The van der Waals surface area contributed by atoms with Crippen molar-refractivity contribution in [2.24, 2.45) is 5.73 Å². The zero-order valence-corrected chi connectivity index (χ0v) is 22.4. The van der Waals surface area contributed by atoms with Crippen molar-refractivity contribution in [1.82, 2.24) is 16.0 Å². The van der Waals surface area contributed by atoms with Gasteiger partial charge in [0.1, 0.15) is 12.1 Å². The normalized spacial score (nSPS) is 17.1. The zero-order valence-electron chi connectivity index (χ0n) is 22.4. The molecule has 35 heavy (non-hydrogen) atoms. The van der Waals surface area contributed by atoms with Gasteiger partial charge in [-0.3, -0.25) is 9.59 Å². The van der Waals surface area contributed by atoms with Gasteiger partial charge in [-0.05, 0) is 58.5 Å². The molecule has 1 fully saturated rings. The molecule has 0 spiro atoms. The Labute approximate surface area is 213 Å². The minimum Gasteiger partial charge on any atom is -0.464 e. The number of carbonyl (C=O) groups is 3. The van der Waals surface area contributed by atoms with Gasteiger partial charge in [-0.1, -0.05) is 71.1 Å². The molecule has 1 aliphatic rings. The number of ether oxygens (including phenoxy) is 1. The molecule has 1 saturated heterocycles. The van der Waals surface area contributed by atoms with Gasteiger partial charge in [-0.25, -0.2) is 4.79 Å². The summed E-state index contributed by atoms with van der Waals surface area (Å²) in [5, 5.41) is 8.64. The molecule has 1 heterocycles. The summed E-state index contributed by atoms with van der Waals surface area (Å²) in [5.74, 6) is -0.955. The highest BCUT2D eigenvalue weighted by atomic mass is 16.5. The maximum atomic E-state index is 12.6. The van der Waals surface area contributed by atoms with Crippen molar-refractivity contribution in [3.05, 3.63) is 0 Å². The van der Waals surface area contributed by atoms with Crippen LogP contribution >= 0.6 is 0 Å². The van der Waals surface area contributed by atoms with Crippen LogP contribution in [0.15, 0.2) is 0 Å². The molecule has 8 nitrogen and oxygen atoms in total. The van der Waals surface area contributed by atoms with Gasteiger partial charge < -0.3 is 26.4 Å². The van der Waals surface area contributed by atoms with Crippen LogP contribution in [0.1, 0.15) is 117 Å². The van der Waals surface area contributed by atoms with E-state index < -0.39 is 18.1 Å². The number of rotatable bonds is 21. The Morgan fingerprint density at radius 2 is 1.54 bits per heavy atom. The van der Waals surface area contributed by atoms with Crippen molar-refractivity contribution < 1.29 is 19.1 Å². The van der Waals surface area contributed by atoms with E-state index in [-0.39, 0.29) is 17.9 Å². The van der Waals surface area contributed by atoms with Gasteiger partial charge in [-0.15, -0.1) is 0 Å². The smallest absolute Gasteiger partial charge is 0.328 e. The van der Waals surface area contributed by atoms with Gasteiger partial charge in [0, 0.05) is 0 Å². The second-order valence-electron chi connectivity index (χ2n) is 9.93. The van der Waals surface area contributed by atoms with Crippen molar-refractivity contribution in [3.8, 4) is 0 Å². The van der Waals surface area contributed by atoms with Crippen LogP contribution in [0, 0.1) is 0 Å². The molecule has 0 aromatic heterocycles. The summed E-state index contributed by atoms with van der Waals surface area (Å²) in [6, 6.07) is -1.69. The second kappa shape index (κ2) is 20.5. The van der Waals surface area contributed by atoms with Crippen molar-refractivity contribution in [3.63, 3.8) is 0 Å². The third kappa shape index (κ3) is 15.1. The SMILES string of the molecule is CCCCCCCCCCCCCOC(=O)[C@H](CCCCN)NC(=O)[C@H](C)NC(=O)[C@@H]1CCCN1. The van der Waals surface area contributed by atoms with Gasteiger partial charge >= 0.3 is 5.97 Å². The average molecular weight is 497 g/mol. The van der Waals surface area contributed by atoms with Gasteiger partial charge in [0.25, 0.3) is 0 Å². The van der Waals surface area contributed by atoms with E-state index in [2.05, 4.69) is 22.9 Å². The van der Waals surface area contributed by atoms with E-state index >= 15 is 0 Å². The van der Waals surface area contributed by atoms with E-state index in [1.54, 1.807) is 6.92 Å². The molecule has 0 aromatic carbocycles. The summed E-state index contributed by atoms with van der Waals surface area (Å²) in [6.07, 6.45) is 17.3. The van der Waals surface area contributed by atoms with Crippen LogP contribution in [0.25, 0.3) is 0 Å². The Balaban J connectivity index is 2.27. The topological polar surface area (TPSA) is 123 Å². The van der Waals surface area contributed by atoms with Crippen LogP contribution in [-0.2, 0) is 19.1 Å². The lowest BCUT2D eigenvalue weighted by atomic mass is 10.1. The van der Waals surface area contributed by atoms with E-state index in [0.29, 0.717) is 19.6 Å². The minimum atomic E-state index is -0.721. The lowest BCUT2D eigenvalue weighted by Crippen LogP contribution is -2.53. The van der Waals surface area contributed by atoms with Gasteiger partial charge in [0.15, 0.2) is 0 Å². The molecule has 3 atom stereocenters. The summed E-state index contributed by atoms with van der Waals surface area (Å²) < 4.78 is 5.48. The maximum absolute atomic E-state index is 12.6. The second-order valence-corrected chi connectivity index (χ2v) is 9.93. The molecule has 0 bridgehead atoms. The molecule has 0 saturated carbocycles.